The van der Waals surface area contributed by atoms with Crippen LogP contribution in [0.5, 0.6) is 5.75 Å². The van der Waals surface area contributed by atoms with E-state index in [1.54, 1.807) is 12.1 Å². The fourth-order valence-electron chi connectivity index (χ4n) is 4.05. The third-order valence-corrected chi connectivity index (χ3v) is 5.73. The van der Waals surface area contributed by atoms with Gasteiger partial charge in [0.05, 0.1) is 17.1 Å². The lowest BCUT2D eigenvalue weighted by atomic mass is 9.99. The number of aromatic nitrogens is 1. The molecule has 0 saturated heterocycles. The number of pyridine rings is 1. The summed E-state index contributed by atoms with van der Waals surface area (Å²) >= 11 is 0. The topological polar surface area (TPSA) is 62.2 Å². The number of halogens is 1. The molecule has 4 aromatic rings. The Kier molecular flexibility index (Phi) is 4.86. The quantitative estimate of drug-likeness (QED) is 0.447. The summed E-state index contributed by atoms with van der Waals surface area (Å²) in [5.74, 6) is -0.624. The van der Waals surface area contributed by atoms with E-state index in [1.165, 1.54) is 12.1 Å². The number of carbonyl (C=O) groups is 1. The van der Waals surface area contributed by atoms with Crippen molar-refractivity contribution >= 4 is 16.8 Å². The monoisotopic (exact) mass is 412 g/mol. The maximum atomic E-state index is 13.8. The predicted molar refractivity (Wildman–Crippen MR) is 118 cm³/mol. The molecule has 1 aliphatic carbocycles. The van der Waals surface area contributed by atoms with Crippen molar-refractivity contribution in [2.75, 3.05) is 0 Å². The van der Waals surface area contributed by atoms with Crippen LogP contribution in [-0.2, 0) is 0 Å². The van der Waals surface area contributed by atoms with Crippen molar-refractivity contribution in [2.45, 2.75) is 18.9 Å². The molecule has 1 atom stereocenters. The summed E-state index contributed by atoms with van der Waals surface area (Å²) in [6, 6.07) is 22.6. The lowest BCUT2D eigenvalue weighted by Crippen LogP contribution is -2.30. The van der Waals surface area contributed by atoms with Crippen LogP contribution in [0, 0.1) is 11.7 Å². The highest BCUT2D eigenvalue weighted by atomic mass is 19.1. The van der Waals surface area contributed by atoms with Crippen LogP contribution in [0.3, 0.4) is 0 Å². The molecule has 1 saturated carbocycles. The zero-order valence-electron chi connectivity index (χ0n) is 16.8. The number of nitrogens with zero attached hydrogens (tertiary/aromatic N) is 1. The first-order chi connectivity index (χ1) is 15.1. The van der Waals surface area contributed by atoms with E-state index < -0.39 is 5.91 Å². The molecule has 0 spiro atoms. The summed E-state index contributed by atoms with van der Waals surface area (Å²) < 4.78 is 13.8. The number of benzene rings is 3. The van der Waals surface area contributed by atoms with Crippen molar-refractivity contribution in [3.63, 3.8) is 0 Å². The number of nitrogens with one attached hydrogen (secondary N) is 1. The number of fused-ring (bicyclic) bond motifs is 1. The predicted octanol–water partition coefficient (Wildman–Crippen LogP) is 5.63. The average molecular weight is 412 g/mol. The van der Waals surface area contributed by atoms with E-state index in [4.69, 9.17) is 0 Å². The van der Waals surface area contributed by atoms with E-state index in [1.807, 2.05) is 54.6 Å². The molecule has 5 rings (SSSR count). The van der Waals surface area contributed by atoms with Gasteiger partial charge in [0.25, 0.3) is 5.91 Å². The zero-order valence-corrected chi connectivity index (χ0v) is 16.8. The Labute approximate surface area is 179 Å². The van der Waals surface area contributed by atoms with Gasteiger partial charge in [0.15, 0.2) is 5.75 Å². The maximum absolute atomic E-state index is 13.8. The summed E-state index contributed by atoms with van der Waals surface area (Å²) in [5, 5.41) is 14.7. The zero-order chi connectivity index (χ0) is 21.4. The van der Waals surface area contributed by atoms with Gasteiger partial charge in [-0.05, 0) is 42.5 Å². The van der Waals surface area contributed by atoms with Crippen molar-refractivity contribution in [1.29, 1.82) is 0 Å². The van der Waals surface area contributed by atoms with Gasteiger partial charge < -0.3 is 10.4 Å². The Morgan fingerprint density at radius 2 is 1.74 bits per heavy atom. The molecule has 2 N–H and O–H groups in total. The summed E-state index contributed by atoms with van der Waals surface area (Å²) in [5.41, 5.74) is 2.63. The number of hydrogen-bond donors (Lipinski definition) is 2. The minimum absolute atomic E-state index is 0.156. The fourth-order valence-corrected chi connectivity index (χ4v) is 4.05. The summed E-state index contributed by atoms with van der Waals surface area (Å²) in [4.78, 5) is 18.1. The lowest BCUT2D eigenvalue weighted by molar-refractivity contribution is 0.0930. The third kappa shape index (κ3) is 3.75. The number of amides is 1. The van der Waals surface area contributed by atoms with Crippen molar-refractivity contribution in [2.24, 2.45) is 5.92 Å². The van der Waals surface area contributed by atoms with E-state index in [0.717, 1.165) is 24.0 Å². The number of rotatable bonds is 5. The van der Waals surface area contributed by atoms with Gasteiger partial charge in [-0.15, -0.1) is 0 Å². The molecule has 0 unspecified atom stereocenters. The standard InChI is InChI=1S/C26H21FN2O2/c27-19-10-6-9-18(15-19)23(17-13-14-17)29-26(31)22-20-11-4-5-12-21(20)28-24(25(22)30)16-7-2-1-3-8-16/h1-12,15,17,23,30H,13-14H2,(H,29,31)/t23-/m0/s1. The first-order valence-electron chi connectivity index (χ1n) is 10.4. The SMILES string of the molecule is O=C(N[C@H](c1cccc(F)c1)C1CC1)c1c(O)c(-c2ccccc2)nc2ccccc12. The maximum Gasteiger partial charge on any atom is 0.256 e. The molecule has 5 heteroatoms. The van der Waals surface area contributed by atoms with E-state index in [2.05, 4.69) is 10.3 Å². The molecule has 3 aromatic carbocycles. The van der Waals surface area contributed by atoms with Crippen LogP contribution in [0.2, 0.25) is 0 Å². The minimum atomic E-state index is -0.394. The molecule has 0 radical (unpaired) electrons. The Hall–Kier alpha value is -3.73. The highest BCUT2D eigenvalue weighted by Crippen LogP contribution is 2.42. The molecular formula is C26H21FN2O2. The molecule has 0 bridgehead atoms. The number of carbonyl (C=O) groups excluding carboxylic acids is 1. The van der Waals surface area contributed by atoms with Crippen LogP contribution >= 0.6 is 0 Å². The van der Waals surface area contributed by atoms with Crippen LogP contribution in [0.1, 0.15) is 34.8 Å². The Morgan fingerprint density at radius 1 is 1.00 bits per heavy atom. The van der Waals surface area contributed by atoms with Gasteiger partial charge in [0.2, 0.25) is 0 Å². The molecule has 0 aliphatic heterocycles. The Bertz CT molecular complexity index is 1270. The molecule has 1 aromatic heterocycles. The van der Waals surface area contributed by atoms with Gasteiger partial charge in [0, 0.05) is 10.9 Å². The molecule has 1 aliphatic rings. The second-order valence-electron chi connectivity index (χ2n) is 7.91. The minimum Gasteiger partial charge on any atom is -0.505 e. The molecule has 1 amide bonds. The van der Waals surface area contributed by atoms with Gasteiger partial charge >= 0.3 is 0 Å². The molecule has 31 heavy (non-hydrogen) atoms. The summed E-state index contributed by atoms with van der Waals surface area (Å²) in [6.07, 6.45) is 1.94. The number of hydrogen-bond acceptors (Lipinski definition) is 3. The molecule has 4 nitrogen and oxygen atoms in total. The van der Waals surface area contributed by atoms with Crippen LogP contribution < -0.4 is 5.32 Å². The van der Waals surface area contributed by atoms with Crippen molar-refractivity contribution in [1.82, 2.24) is 10.3 Å². The first kappa shape index (κ1) is 19.2. The Balaban J connectivity index is 1.60. The van der Waals surface area contributed by atoms with Crippen molar-refractivity contribution < 1.29 is 14.3 Å². The molecule has 1 fully saturated rings. The third-order valence-electron chi connectivity index (χ3n) is 5.73. The summed E-state index contributed by atoms with van der Waals surface area (Å²) in [7, 11) is 0. The van der Waals surface area contributed by atoms with Crippen LogP contribution in [0.4, 0.5) is 4.39 Å². The smallest absolute Gasteiger partial charge is 0.256 e. The van der Waals surface area contributed by atoms with Gasteiger partial charge in [-0.1, -0.05) is 60.7 Å². The van der Waals surface area contributed by atoms with E-state index in [-0.39, 0.29) is 29.1 Å². The second-order valence-corrected chi connectivity index (χ2v) is 7.91. The molecule has 1 heterocycles. The van der Waals surface area contributed by atoms with E-state index >= 15 is 0 Å². The summed E-state index contributed by atoms with van der Waals surface area (Å²) in [6.45, 7) is 0. The fraction of sp³-hybridized carbons (Fsp3) is 0.154. The van der Waals surface area contributed by atoms with Crippen LogP contribution in [-0.4, -0.2) is 16.0 Å². The van der Waals surface area contributed by atoms with E-state index in [9.17, 15) is 14.3 Å². The normalized spacial score (nSPS) is 14.4. The van der Waals surface area contributed by atoms with E-state index in [0.29, 0.717) is 16.6 Å². The van der Waals surface area contributed by atoms with Gasteiger partial charge in [-0.2, -0.15) is 0 Å². The Morgan fingerprint density at radius 3 is 2.48 bits per heavy atom. The van der Waals surface area contributed by atoms with Crippen LogP contribution in [0.15, 0.2) is 78.9 Å². The molecule has 154 valence electrons. The average Bonchev–Trinajstić information content (AvgIpc) is 3.63. The lowest BCUT2D eigenvalue weighted by Gasteiger charge is -2.20. The van der Waals surface area contributed by atoms with Gasteiger partial charge in [0.1, 0.15) is 11.5 Å². The van der Waals surface area contributed by atoms with Gasteiger partial charge in [-0.25, -0.2) is 9.37 Å². The highest BCUT2D eigenvalue weighted by Gasteiger charge is 2.34. The van der Waals surface area contributed by atoms with Crippen molar-refractivity contribution in [3.8, 4) is 17.0 Å². The van der Waals surface area contributed by atoms with Gasteiger partial charge in [-0.3, -0.25) is 4.79 Å². The largest absolute Gasteiger partial charge is 0.505 e. The molecular weight excluding hydrogens is 391 g/mol. The van der Waals surface area contributed by atoms with Crippen LogP contribution in [0.25, 0.3) is 22.2 Å². The number of para-hydroxylation sites is 1. The number of aromatic hydroxyl groups is 1. The van der Waals surface area contributed by atoms with Crippen molar-refractivity contribution in [3.05, 3.63) is 95.8 Å². The highest BCUT2D eigenvalue weighted by molar-refractivity contribution is 6.10. The first-order valence-corrected chi connectivity index (χ1v) is 10.4. The second kappa shape index (κ2) is 7.84.